The van der Waals surface area contributed by atoms with Gasteiger partial charge in [-0.15, -0.1) is 6.58 Å². The molecule has 0 fully saturated rings. The van der Waals surface area contributed by atoms with Crippen molar-refractivity contribution < 1.29 is 1.37 Å². The van der Waals surface area contributed by atoms with Crippen LogP contribution in [0.25, 0.3) is 0 Å². The summed E-state index contributed by atoms with van der Waals surface area (Å²) in [4.78, 5) is 0. The maximum atomic E-state index is 6.39. The largest absolute Gasteiger partial charge is 0.103 e. The van der Waals surface area contributed by atoms with Crippen LogP contribution in [-0.2, 0) is 0 Å². The Morgan fingerprint density at radius 3 is 2.25 bits per heavy atom. The van der Waals surface area contributed by atoms with E-state index in [0.717, 1.165) is 0 Å². The van der Waals surface area contributed by atoms with Crippen molar-refractivity contribution in [3.05, 3.63) is 12.6 Å². The van der Waals surface area contributed by atoms with Crippen molar-refractivity contribution in [2.24, 2.45) is 0 Å². The SMILES string of the molecule is C.[3H]C(=C)C. The Labute approximate surface area is 29.6 Å². The predicted molar refractivity (Wildman–Crippen MR) is 22.6 cm³/mol. The summed E-state index contributed by atoms with van der Waals surface area (Å²) in [6.07, 6.45) is 0. The molecule has 0 rings (SSSR count). The van der Waals surface area contributed by atoms with Crippen molar-refractivity contribution >= 4 is 0 Å². The lowest BCUT2D eigenvalue weighted by Crippen LogP contribution is -1.07. The molecule has 0 heteroatoms. The first kappa shape index (κ1) is 3.74. The van der Waals surface area contributed by atoms with Gasteiger partial charge in [0.25, 0.3) is 0 Å². The number of hydrogen-bond acceptors (Lipinski definition) is 0. The zero-order valence-corrected chi connectivity index (χ0v) is 2.21. The van der Waals surface area contributed by atoms with E-state index in [2.05, 4.69) is 6.58 Å². The molecule has 4 heavy (non-hydrogen) atoms. The maximum Gasteiger partial charge on any atom is 0.0567 e. The Balaban J connectivity index is 0. The fraction of sp³-hybridized carbons (Fsp3) is 0.500. The topological polar surface area (TPSA) is 0 Å². The summed E-state index contributed by atoms with van der Waals surface area (Å²) in [6.45, 7) is 4.86. The zero-order valence-electron chi connectivity index (χ0n) is 3.21. The summed E-state index contributed by atoms with van der Waals surface area (Å²) in [5.41, 5.74) is 0. The maximum absolute atomic E-state index is 6.39. The molecule has 0 aliphatic rings. The van der Waals surface area contributed by atoms with Crippen LogP contribution >= 0.6 is 0 Å². The van der Waals surface area contributed by atoms with E-state index >= 15 is 0 Å². The number of hydrogen-bond donors (Lipinski definition) is 0. The van der Waals surface area contributed by atoms with E-state index in [9.17, 15) is 0 Å². The Hall–Kier alpha value is -0.260. The minimum absolute atomic E-state index is 0. The third-order valence-corrected chi connectivity index (χ3v) is 0. The lowest BCUT2D eigenvalue weighted by molar-refractivity contribution is 1.80. The summed E-state index contributed by atoms with van der Waals surface area (Å²) >= 11 is 0. The van der Waals surface area contributed by atoms with Gasteiger partial charge in [0.1, 0.15) is 0 Å². The van der Waals surface area contributed by atoms with Gasteiger partial charge in [-0.05, 0) is 6.92 Å². The minimum Gasteiger partial charge on any atom is -0.103 e. The monoisotopic (exact) mass is 60.1 g/mol. The third kappa shape index (κ3) is 14.1. The van der Waals surface area contributed by atoms with Crippen molar-refractivity contribution in [2.45, 2.75) is 14.4 Å². The first-order valence-electron chi connectivity index (χ1n) is 1.35. The van der Waals surface area contributed by atoms with E-state index in [-0.39, 0.29) is 7.43 Å². The first-order chi connectivity index (χ1) is 1.73. The molecule has 0 amide bonds. The van der Waals surface area contributed by atoms with Gasteiger partial charge in [0.05, 0.1) is 1.37 Å². The summed E-state index contributed by atoms with van der Waals surface area (Å²) < 4.78 is 6.39. The smallest absolute Gasteiger partial charge is 0.0567 e. The average molecular weight is 60.1 g/mol. The molecular weight excluding hydrogens is 48.0 g/mol. The second kappa shape index (κ2) is 15.1. The van der Waals surface area contributed by atoms with E-state index in [0.29, 0.717) is 6.05 Å². The normalized spacial score (nSPS) is 6.75. The van der Waals surface area contributed by atoms with Crippen LogP contribution in [0.15, 0.2) is 12.6 Å². The van der Waals surface area contributed by atoms with Gasteiger partial charge in [0.15, 0.2) is 0 Å². The van der Waals surface area contributed by atoms with Gasteiger partial charge < -0.3 is 0 Å². The lowest BCUT2D eigenvalue weighted by Gasteiger charge is -1.31. The predicted octanol–water partition coefficient (Wildman–Crippen LogP) is 1.83. The van der Waals surface area contributed by atoms with Crippen LogP contribution in [0.5, 0.6) is 0 Å². The molecule has 0 heterocycles. The van der Waals surface area contributed by atoms with Gasteiger partial charge in [-0.1, -0.05) is 13.5 Å². The second-order valence-electron chi connectivity index (χ2n) is 0.354. The van der Waals surface area contributed by atoms with Crippen LogP contribution in [0.4, 0.5) is 0 Å². The molecule has 0 unspecified atom stereocenters. The fourth-order valence-electron chi connectivity index (χ4n) is 0. The molecule has 0 spiro atoms. The van der Waals surface area contributed by atoms with E-state index in [1.807, 2.05) is 0 Å². The molecule has 0 aliphatic heterocycles. The van der Waals surface area contributed by atoms with Crippen molar-refractivity contribution in [3.63, 3.8) is 0 Å². The number of allylic oxidation sites excluding steroid dienone is 1. The summed E-state index contributed by atoms with van der Waals surface area (Å²) in [5.74, 6) is 0. The van der Waals surface area contributed by atoms with Crippen molar-refractivity contribution in [3.8, 4) is 0 Å². The Kier molecular flexibility index (Phi) is 14.2. The van der Waals surface area contributed by atoms with E-state index in [1.54, 1.807) is 6.92 Å². The van der Waals surface area contributed by atoms with E-state index in [1.165, 1.54) is 0 Å². The van der Waals surface area contributed by atoms with E-state index < -0.39 is 0 Å². The van der Waals surface area contributed by atoms with E-state index in [4.69, 9.17) is 1.37 Å². The molecule has 0 aromatic rings. The molecular formula is C4H10. The van der Waals surface area contributed by atoms with Crippen molar-refractivity contribution in [2.75, 3.05) is 0 Å². The molecule has 0 radical (unpaired) electrons. The van der Waals surface area contributed by atoms with Crippen LogP contribution in [0, 0.1) is 0 Å². The van der Waals surface area contributed by atoms with Crippen LogP contribution in [0.3, 0.4) is 0 Å². The lowest BCUT2D eigenvalue weighted by atomic mass is 10.8. The molecule has 0 N–H and O–H groups in total. The highest BCUT2D eigenvalue weighted by Crippen LogP contribution is 1.38. The number of rotatable bonds is 0. The summed E-state index contributed by atoms with van der Waals surface area (Å²) in [7, 11) is 0. The summed E-state index contributed by atoms with van der Waals surface area (Å²) in [6, 6.07) is 0.417. The molecule has 0 nitrogen and oxygen atoms in total. The molecule has 0 atom stereocenters. The quantitative estimate of drug-likeness (QED) is 0.374. The summed E-state index contributed by atoms with van der Waals surface area (Å²) in [5, 5.41) is 0. The highest BCUT2D eigenvalue weighted by molar-refractivity contribution is 4.51. The van der Waals surface area contributed by atoms with Gasteiger partial charge in [0.2, 0.25) is 0 Å². The van der Waals surface area contributed by atoms with Crippen LogP contribution in [-0.4, -0.2) is 0 Å². The second-order valence-corrected chi connectivity index (χ2v) is 0.354. The molecule has 0 aromatic carbocycles. The fourth-order valence-corrected chi connectivity index (χ4v) is 0. The highest BCUT2D eigenvalue weighted by Gasteiger charge is 1.15. The average Bonchev–Trinajstić information content (AvgIpc) is 0.811. The van der Waals surface area contributed by atoms with Gasteiger partial charge >= 0.3 is 0 Å². The molecule has 0 saturated carbocycles. The van der Waals surface area contributed by atoms with Gasteiger partial charge in [0, 0.05) is 0 Å². The van der Waals surface area contributed by atoms with Crippen molar-refractivity contribution in [1.29, 1.82) is 0 Å². The standard InChI is InChI=1S/C3H6.CH4/c1-3-2;/h3H,1H2,2H3;1H4/i3T;. The van der Waals surface area contributed by atoms with Crippen LogP contribution in [0.2, 0.25) is 0 Å². The Morgan fingerprint density at radius 2 is 2.25 bits per heavy atom. The van der Waals surface area contributed by atoms with Crippen LogP contribution in [0.1, 0.15) is 15.7 Å². The molecule has 0 bridgehead atoms. The Bertz CT molecular complexity index is 26.6. The molecule has 26 valence electrons. The highest BCUT2D eigenvalue weighted by atomic mass is 13.2. The van der Waals surface area contributed by atoms with Crippen LogP contribution < -0.4 is 0 Å². The molecule has 0 aliphatic carbocycles. The van der Waals surface area contributed by atoms with Gasteiger partial charge in [-0.2, -0.15) is 0 Å². The third-order valence-electron chi connectivity index (χ3n) is 0. The molecule has 0 saturated heterocycles. The van der Waals surface area contributed by atoms with Gasteiger partial charge in [-0.3, -0.25) is 0 Å². The minimum atomic E-state index is 0. The molecule has 0 aromatic heterocycles. The Morgan fingerprint density at radius 1 is 2.25 bits per heavy atom. The van der Waals surface area contributed by atoms with Crippen molar-refractivity contribution in [1.82, 2.24) is 0 Å². The zero-order chi connectivity index (χ0) is 3.58. The van der Waals surface area contributed by atoms with Gasteiger partial charge in [-0.25, -0.2) is 0 Å². The first-order valence-corrected chi connectivity index (χ1v) is 0.854.